The number of rotatable bonds is 9. The molecule has 0 aliphatic carbocycles. The second-order valence-electron chi connectivity index (χ2n) is 9.84. The number of ether oxygens (including phenoxy) is 1. The third-order valence-corrected chi connectivity index (χ3v) is 10.2. The molecule has 0 atom stereocenters. The monoisotopic (exact) mass is 602 g/mol. The first-order valence-electron chi connectivity index (χ1n) is 13.0. The molecule has 0 radical (unpaired) electrons. The number of sulfonamides is 1. The van der Waals surface area contributed by atoms with Crippen molar-refractivity contribution in [1.82, 2.24) is 9.79 Å². The van der Waals surface area contributed by atoms with Crippen LogP contribution in [-0.4, -0.2) is 74.5 Å². The van der Waals surface area contributed by atoms with Gasteiger partial charge >= 0.3 is 0 Å². The molecule has 2 aromatic carbocycles. The van der Waals surface area contributed by atoms with E-state index in [0.717, 1.165) is 35.5 Å². The van der Waals surface area contributed by atoms with E-state index in [9.17, 15) is 18.4 Å². The van der Waals surface area contributed by atoms with E-state index in [1.54, 1.807) is 5.48 Å². The molecule has 2 fully saturated rings. The number of nitrogens with one attached hydrogen (secondary N) is 1. The Balaban J connectivity index is 0.00000267. The summed E-state index contributed by atoms with van der Waals surface area (Å²) in [7, 11) is -4.01. The molecule has 2 heterocycles. The lowest BCUT2D eigenvalue weighted by Gasteiger charge is -2.44. The summed E-state index contributed by atoms with van der Waals surface area (Å²) in [5.74, 6) is -0.0236. The second-order valence-corrected chi connectivity index (χ2v) is 12.1. The average Bonchev–Trinajstić information content (AvgIpc) is 2.93. The van der Waals surface area contributed by atoms with E-state index in [1.807, 2.05) is 55.5 Å². The van der Waals surface area contributed by atoms with E-state index >= 15 is 0 Å². The number of unbranched alkanes of at least 4 members (excludes halogenated alkanes) is 1. The smallest absolute Gasteiger partial charge is 0.266 e. The highest BCUT2D eigenvalue weighted by atomic mass is 35.5. The van der Waals surface area contributed by atoms with Gasteiger partial charge in [-0.25, -0.2) is 13.9 Å². The van der Waals surface area contributed by atoms with E-state index in [2.05, 4.69) is 16.7 Å². The van der Waals surface area contributed by atoms with Gasteiger partial charge in [0.05, 0.1) is 6.61 Å². The molecule has 0 aromatic heterocycles. The summed E-state index contributed by atoms with van der Waals surface area (Å²) in [6.45, 7) is 7.23. The lowest BCUT2D eigenvalue weighted by molar-refractivity contribution is -0.132. The first-order chi connectivity index (χ1) is 17.8. The molecule has 39 heavy (non-hydrogen) atoms. The molecule has 1 amide bonds. The number of piperidine rings is 1. The van der Waals surface area contributed by atoms with Crippen molar-refractivity contribution in [1.29, 1.82) is 0 Å². The summed E-state index contributed by atoms with van der Waals surface area (Å²) in [5, 5.41) is 9.49. The van der Waals surface area contributed by atoms with Crippen LogP contribution >= 0.6 is 24.8 Å². The number of hydrogen-bond acceptors (Lipinski definition) is 7. The summed E-state index contributed by atoms with van der Waals surface area (Å²) in [6.07, 6.45) is 2.31. The molecule has 9 nitrogen and oxygen atoms in total. The van der Waals surface area contributed by atoms with Crippen molar-refractivity contribution >= 4 is 52.1 Å². The van der Waals surface area contributed by atoms with E-state index in [-0.39, 0.29) is 50.7 Å². The predicted octanol–water partition coefficient (Wildman–Crippen LogP) is 4.01. The molecular weight excluding hydrogens is 563 g/mol. The van der Waals surface area contributed by atoms with Crippen molar-refractivity contribution in [3.63, 3.8) is 0 Å². The summed E-state index contributed by atoms with van der Waals surface area (Å²) < 4.78 is 33.2. The normalized spacial score (nSPS) is 17.5. The fourth-order valence-electron chi connectivity index (χ4n) is 5.11. The third kappa shape index (κ3) is 7.10. The molecule has 12 heteroatoms. The second kappa shape index (κ2) is 14.4. The van der Waals surface area contributed by atoms with Crippen LogP contribution in [0.1, 0.15) is 38.2 Å². The minimum Gasteiger partial charge on any atom is -0.494 e. The number of piperazine rings is 1. The van der Waals surface area contributed by atoms with Crippen LogP contribution in [-0.2, 0) is 14.8 Å². The summed E-state index contributed by atoms with van der Waals surface area (Å²) in [6, 6.07) is 15.9. The van der Waals surface area contributed by atoms with Gasteiger partial charge < -0.3 is 14.5 Å². The minimum atomic E-state index is -4.01. The van der Waals surface area contributed by atoms with E-state index in [4.69, 9.17) is 4.74 Å². The Morgan fingerprint density at radius 1 is 0.897 bits per heavy atom. The quantitative estimate of drug-likeness (QED) is 0.254. The number of halogens is 2. The number of carbonyl (C=O) groups excluding carboxylic acids is 1. The highest BCUT2D eigenvalue weighted by molar-refractivity contribution is 7.91. The zero-order valence-electron chi connectivity index (χ0n) is 22.5. The first-order valence-corrected chi connectivity index (χ1v) is 14.5. The summed E-state index contributed by atoms with van der Waals surface area (Å²) >= 11 is 0. The van der Waals surface area contributed by atoms with Gasteiger partial charge in [-0.15, -0.1) is 24.8 Å². The van der Waals surface area contributed by atoms with Gasteiger partial charge in [0.25, 0.3) is 5.91 Å². The van der Waals surface area contributed by atoms with Gasteiger partial charge in [0.2, 0.25) is 10.0 Å². The summed E-state index contributed by atoms with van der Waals surface area (Å²) in [4.78, 5) is 17.1. The van der Waals surface area contributed by atoms with Crippen LogP contribution in [0.25, 0.3) is 0 Å². The maximum absolute atomic E-state index is 13.9. The maximum atomic E-state index is 13.9. The highest BCUT2D eigenvalue weighted by Crippen LogP contribution is 2.36. The third-order valence-electron chi connectivity index (χ3n) is 7.53. The molecule has 2 aromatic rings. The van der Waals surface area contributed by atoms with Crippen LogP contribution < -0.4 is 20.0 Å². The van der Waals surface area contributed by atoms with Crippen LogP contribution in [0.4, 0.5) is 11.4 Å². The Labute approximate surface area is 244 Å². The molecule has 0 bridgehead atoms. The number of hydrogen-bond donors (Lipinski definition) is 2. The Bertz CT molecular complexity index is 1150. The zero-order chi connectivity index (χ0) is 26.5. The number of aryl methyl sites for hydroxylation is 1. The van der Waals surface area contributed by atoms with Crippen molar-refractivity contribution in [2.24, 2.45) is 0 Å². The van der Waals surface area contributed by atoms with E-state index in [0.29, 0.717) is 32.8 Å². The largest absolute Gasteiger partial charge is 0.494 e. The standard InChI is InChI=1S/C27H38N4O5S.2ClH/c1-3-4-21-36-25-11-9-24(10-12-25)30-17-19-31(20-18-30)37(34,35)27(26(32)28-33)13-15-29(16-14-27)23-7-5-22(2)6-8-23;;/h5-12,33H,3-4,13-21H2,1-2H3,(H,28,32);2*1H. The first kappa shape index (κ1) is 33.0. The van der Waals surface area contributed by atoms with Crippen molar-refractivity contribution in [2.75, 3.05) is 55.7 Å². The van der Waals surface area contributed by atoms with Gasteiger partial charge in [-0.05, 0) is 62.6 Å². The van der Waals surface area contributed by atoms with Gasteiger partial charge in [0.15, 0.2) is 4.75 Å². The van der Waals surface area contributed by atoms with Gasteiger partial charge in [-0.1, -0.05) is 31.0 Å². The molecule has 0 unspecified atom stereocenters. The molecular formula is C27H40Cl2N4O5S. The molecule has 0 spiro atoms. The SMILES string of the molecule is CCCCOc1ccc(N2CCN(S(=O)(=O)C3(C(=O)NO)CCN(c4ccc(C)cc4)CC3)CC2)cc1.Cl.Cl. The number of amides is 1. The lowest BCUT2D eigenvalue weighted by atomic mass is 9.94. The fraction of sp³-hybridized carbons (Fsp3) is 0.519. The maximum Gasteiger partial charge on any atom is 0.266 e. The topological polar surface area (TPSA) is 102 Å². The average molecular weight is 604 g/mol. The molecule has 4 rings (SSSR count). The molecule has 2 aliphatic heterocycles. The Morgan fingerprint density at radius 2 is 1.41 bits per heavy atom. The van der Waals surface area contributed by atoms with E-state index < -0.39 is 20.7 Å². The number of nitrogens with zero attached hydrogens (tertiary/aromatic N) is 3. The summed E-state index contributed by atoms with van der Waals surface area (Å²) in [5.41, 5.74) is 4.81. The van der Waals surface area contributed by atoms with Gasteiger partial charge in [0.1, 0.15) is 5.75 Å². The fourth-order valence-corrected chi connectivity index (χ4v) is 7.22. The number of benzene rings is 2. The van der Waals surface area contributed by atoms with Crippen LogP contribution in [0, 0.1) is 6.92 Å². The van der Waals surface area contributed by atoms with Crippen molar-refractivity contribution in [3.05, 3.63) is 54.1 Å². The Kier molecular flexibility index (Phi) is 12.2. The van der Waals surface area contributed by atoms with Crippen molar-refractivity contribution in [2.45, 2.75) is 44.3 Å². The van der Waals surface area contributed by atoms with Gasteiger partial charge in [-0.3, -0.25) is 10.0 Å². The molecule has 218 valence electrons. The Hall–Kier alpha value is -2.24. The number of anilines is 2. The van der Waals surface area contributed by atoms with Gasteiger partial charge in [0, 0.05) is 50.6 Å². The van der Waals surface area contributed by atoms with E-state index in [1.165, 1.54) is 4.31 Å². The molecule has 2 saturated heterocycles. The van der Waals surface area contributed by atoms with Crippen LogP contribution in [0.15, 0.2) is 48.5 Å². The molecule has 2 N–H and O–H groups in total. The van der Waals surface area contributed by atoms with Crippen molar-refractivity contribution in [3.8, 4) is 5.75 Å². The highest BCUT2D eigenvalue weighted by Gasteiger charge is 2.55. The van der Waals surface area contributed by atoms with Crippen LogP contribution in [0.2, 0.25) is 0 Å². The number of carbonyl (C=O) groups is 1. The zero-order valence-corrected chi connectivity index (χ0v) is 25.0. The Morgan fingerprint density at radius 3 is 1.92 bits per heavy atom. The molecule has 2 aliphatic rings. The number of hydroxylamine groups is 1. The van der Waals surface area contributed by atoms with Crippen LogP contribution in [0.3, 0.4) is 0 Å². The molecule has 0 saturated carbocycles. The predicted molar refractivity (Wildman–Crippen MR) is 159 cm³/mol. The lowest BCUT2D eigenvalue weighted by Crippen LogP contribution is -2.63. The van der Waals surface area contributed by atoms with Crippen molar-refractivity contribution < 1.29 is 23.2 Å². The van der Waals surface area contributed by atoms with Gasteiger partial charge in [-0.2, -0.15) is 4.31 Å². The van der Waals surface area contributed by atoms with Crippen LogP contribution in [0.5, 0.6) is 5.75 Å². The minimum absolute atomic E-state index is 0.